The molecule has 0 spiro atoms. The van der Waals surface area contributed by atoms with E-state index in [0.29, 0.717) is 18.6 Å². The van der Waals surface area contributed by atoms with E-state index in [1.165, 1.54) is 12.8 Å². The smallest absolute Gasteiger partial charge is 0.129 e. The first-order valence-electron chi connectivity index (χ1n) is 7.03. The highest BCUT2D eigenvalue weighted by atomic mass is 16.5. The maximum absolute atomic E-state index is 9.41. The monoisotopic (exact) mass is 264 g/mol. The molecular formula is C15H24N2O2. The SMILES string of the molecule is COCCN(c1cc(CO)cc(C(C)C)n1)C1CC1. The van der Waals surface area contributed by atoms with E-state index in [1.807, 2.05) is 12.1 Å². The second-order valence-corrected chi connectivity index (χ2v) is 5.49. The Kier molecular flexibility index (Phi) is 4.77. The van der Waals surface area contributed by atoms with Crippen LogP contribution in [0.5, 0.6) is 0 Å². The zero-order valence-corrected chi connectivity index (χ0v) is 12.1. The Morgan fingerprint density at radius 1 is 1.42 bits per heavy atom. The van der Waals surface area contributed by atoms with E-state index >= 15 is 0 Å². The van der Waals surface area contributed by atoms with Crippen molar-refractivity contribution < 1.29 is 9.84 Å². The van der Waals surface area contributed by atoms with E-state index in [9.17, 15) is 5.11 Å². The van der Waals surface area contributed by atoms with E-state index in [-0.39, 0.29) is 6.61 Å². The molecule has 4 heteroatoms. The average Bonchev–Trinajstić information content (AvgIpc) is 3.23. The van der Waals surface area contributed by atoms with Gasteiger partial charge in [0.05, 0.1) is 13.2 Å². The molecule has 1 aromatic rings. The summed E-state index contributed by atoms with van der Waals surface area (Å²) in [5, 5.41) is 9.41. The Morgan fingerprint density at radius 2 is 2.16 bits per heavy atom. The van der Waals surface area contributed by atoms with Gasteiger partial charge in [-0.05, 0) is 36.5 Å². The number of nitrogens with zero attached hydrogens (tertiary/aromatic N) is 2. The molecular weight excluding hydrogens is 240 g/mol. The topological polar surface area (TPSA) is 45.6 Å². The van der Waals surface area contributed by atoms with Crippen LogP contribution in [0.4, 0.5) is 5.82 Å². The van der Waals surface area contributed by atoms with Crippen LogP contribution >= 0.6 is 0 Å². The largest absolute Gasteiger partial charge is 0.392 e. The Labute approximate surface area is 115 Å². The minimum atomic E-state index is 0.0675. The maximum Gasteiger partial charge on any atom is 0.129 e. The maximum atomic E-state index is 9.41. The van der Waals surface area contributed by atoms with Gasteiger partial charge in [0.15, 0.2) is 0 Å². The molecule has 1 heterocycles. The summed E-state index contributed by atoms with van der Waals surface area (Å²) in [6.45, 7) is 5.89. The summed E-state index contributed by atoms with van der Waals surface area (Å²) >= 11 is 0. The molecule has 19 heavy (non-hydrogen) atoms. The van der Waals surface area contributed by atoms with Gasteiger partial charge in [0, 0.05) is 25.4 Å². The molecule has 1 aromatic heterocycles. The van der Waals surface area contributed by atoms with Crippen LogP contribution < -0.4 is 4.90 Å². The molecule has 1 aliphatic rings. The number of rotatable bonds is 7. The molecule has 106 valence electrons. The predicted octanol–water partition coefficient (Wildman–Crippen LogP) is 2.31. The molecule has 0 aliphatic heterocycles. The number of aliphatic hydroxyl groups excluding tert-OH is 1. The Balaban J connectivity index is 2.26. The predicted molar refractivity (Wildman–Crippen MR) is 76.5 cm³/mol. The van der Waals surface area contributed by atoms with Crippen LogP contribution in [0.15, 0.2) is 12.1 Å². The lowest BCUT2D eigenvalue weighted by Crippen LogP contribution is -2.30. The minimum absolute atomic E-state index is 0.0675. The van der Waals surface area contributed by atoms with Gasteiger partial charge in [0.1, 0.15) is 5.82 Å². The van der Waals surface area contributed by atoms with Crippen LogP contribution in [0.2, 0.25) is 0 Å². The highest BCUT2D eigenvalue weighted by Crippen LogP contribution is 2.31. The molecule has 1 N–H and O–H groups in total. The van der Waals surface area contributed by atoms with Crippen LogP contribution in [0.1, 0.15) is 43.9 Å². The molecule has 1 aliphatic carbocycles. The van der Waals surface area contributed by atoms with Gasteiger partial charge >= 0.3 is 0 Å². The number of methoxy groups -OCH3 is 1. The molecule has 4 nitrogen and oxygen atoms in total. The number of anilines is 1. The molecule has 0 radical (unpaired) electrons. The molecule has 0 amide bonds. The van der Waals surface area contributed by atoms with Crippen molar-refractivity contribution in [2.45, 2.75) is 45.3 Å². The Morgan fingerprint density at radius 3 is 2.68 bits per heavy atom. The van der Waals surface area contributed by atoms with Crippen molar-refractivity contribution >= 4 is 5.82 Å². The van der Waals surface area contributed by atoms with Gasteiger partial charge in [-0.2, -0.15) is 0 Å². The molecule has 1 fully saturated rings. The van der Waals surface area contributed by atoms with Crippen LogP contribution in [0, 0.1) is 0 Å². The fraction of sp³-hybridized carbons (Fsp3) is 0.667. The second-order valence-electron chi connectivity index (χ2n) is 5.49. The van der Waals surface area contributed by atoms with Crippen molar-refractivity contribution in [3.63, 3.8) is 0 Å². The van der Waals surface area contributed by atoms with Crippen LogP contribution in [0.25, 0.3) is 0 Å². The lowest BCUT2D eigenvalue weighted by molar-refractivity contribution is 0.204. The lowest BCUT2D eigenvalue weighted by Gasteiger charge is -2.24. The van der Waals surface area contributed by atoms with Gasteiger partial charge in [-0.3, -0.25) is 0 Å². The first kappa shape index (κ1) is 14.3. The summed E-state index contributed by atoms with van der Waals surface area (Å²) in [5.74, 6) is 1.35. The zero-order chi connectivity index (χ0) is 13.8. The van der Waals surface area contributed by atoms with Crippen molar-refractivity contribution in [1.82, 2.24) is 4.98 Å². The summed E-state index contributed by atoms with van der Waals surface area (Å²) < 4.78 is 5.19. The minimum Gasteiger partial charge on any atom is -0.392 e. The fourth-order valence-corrected chi connectivity index (χ4v) is 2.19. The van der Waals surface area contributed by atoms with E-state index in [0.717, 1.165) is 23.6 Å². The number of hydrogen-bond acceptors (Lipinski definition) is 4. The average molecular weight is 264 g/mol. The summed E-state index contributed by atoms with van der Waals surface area (Å²) in [7, 11) is 1.72. The molecule has 0 atom stereocenters. The van der Waals surface area contributed by atoms with Gasteiger partial charge in [0.2, 0.25) is 0 Å². The third-order valence-electron chi connectivity index (χ3n) is 3.48. The fourth-order valence-electron chi connectivity index (χ4n) is 2.19. The third kappa shape index (κ3) is 3.67. The van der Waals surface area contributed by atoms with E-state index in [2.05, 4.69) is 18.7 Å². The molecule has 0 aromatic carbocycles. The first-order chi connectivity index (χ1) is 9.15. The number of aromatic nitrogens is 1. The third-order valence-corrected chi connectivity index (χ3v) is 3.48. The second kappa shape index (κ2) is 6.35. The zero-order valence-electron chi connectivity index (χ0n) is 12.1. The summed E-state index contributed by atoms with van der Waals surface area (Å²) in [6.07, 6.45) is 2.46. The van der Waals surface area contributed by atoms with Crippen molar-refractivity contribution in [3.05, 3.63) is 23.4 Å². The van der Waals surface area contributed by atoms with Gasteiger partial charge in [-0.25, -0.2) is 4.98 Å². The standard InChI is InChI=1S/C15H24N2O2/c1-11(2)14-8-12(10-18)9-15(16-14)17(6-7-19-3)13-4-5-13/h8-9,11,13,18H,4-7,10H2,1-3H3. The van der Waals surface area contributed by atoms with Gasteiger partial charge in [-0.15, -0.1) is 0 Å². The van der Waals surface area contributed by atoms with Crippen LogP contribution in [-0.4, -0.2) is 36.4 Å². The quantitative estimate of drug-likeness (QED) is 0.821. The van der Waals surface area contributed by atoms with Crippen molar-refractivity contribution in [1.29, 1.82) is 0 Å². The van der Waals surface area contributed by atoms with E-state index in [4.69, 9.17) is 9.72 Å². The van der Waals surface area contributed by atoms with Gasteiger partial charge < -0.3 is 14.7 Å². The highest BCUT2D eigenvalue weighted by Gasteiger charge is 2.30. The Hall–Kier alpha value is -1.13. The lowest BCUT2D eigenvalue weighted by atomic mass is 10.1. The number of ether oxygens (including phenoxy) is 1. The van der Waals surface area contributed by atoms with E-state index in [1.54, 1.807) is 7.11 Å². The first-order valence-corrected chi connectivity index (χ1v) is 7.03. The number of aliphatic hydroxyl groups is 1. The van der Waals surface area contributed by atoms with Crippen molar-refractivity contribution in [3.8, 4) is 0 Å². The van der Waals surface area contributed by atoms with Gasteiger partial charge in [-0.1, -0.05) is 13.8 Å². The van der Waals surface area contributed by atoms with Crippen LogP contribution in [0.3, 0.4) is 0 Å². The molecule has 0 bridgehead atoms. The van der Waals surface area contributed by atoms with Gasteiger partial charge in [0.25, 0.3) is 0 Å². The summed E-state index contributed by atoms with van der Waals surface area (Å²) in [4.78, 5) is 7.07. The van der Waals surface area contributed by atoms with Crippen molar-refractivity contribution in [2.75, 3.05) is 25.2 Å². The molecule has 0 saturated heterocycles. The number of hydrogen-bond donors (Lipinski definition) is 1. The Bertz CT molecular complexity index is 417. The molecule has 0 unspecified atom stereocenters. The van der Waals surface area contributed by atoms with E-state index < -0.39 is 0 Å². The normalized spacial score (nSPS) is 15.0. The molecule has 1 saturated carbocycles. The number of pyridine rings is 1. The van der Waals surface area contributed by atoms with Crippen LogP contribution in [-0.2, 0) is 11.3 Å². The summed E-state index contributed by atoms with van der Waals surface area (Å²) in [6, 6.07) is 4.59. The van der Waals surface area contributed by atoms with Crippen molar-refractivity contribution in [2.24, 2.45) is 0 Å². The highest BCUT2D eigenvalue weighted by molar-refractivity contribution is 5.45. The summed E-state index contributed by atoms with van der Waals surface area (Å²) in [5.41, 5.74) is 1.99. The molecule has 2 rings (SSSR count).